The molecular weight excluding hydrogens is 166 g/mol. The van der Waals surface area contributed by atoms with Crippen LogP contribution in [0.2, 0.25) is 0 Å². The predicted molar refractivity (Wildman–Crippen MR) is 50.7 cm³/mol. The molecule has 3 heteroatoms. The summed E-state index contributed by atoms with van der Waals surface area (Å²) in [5.41, 5.74) is 5.70. The monoisotopic (exact) mass is 177 g/mol. The lowest BCUT2D eigenvalue weighted by Gasteiger charge is -1.99. The molecule has 1 aromatic carbocycles. The van der Waals surface area contributed by atoms with Gasteiger partial charge in [0.25, 0.3) is 0 Å². The molecule has 0 heterocycles. The number of ether oxygens (including phenoxy) is 1. The summed E-state index contributed by atoms with van der Waals surface area (Å²) in [4.78, 5) is 11.2. The molecular formula is C10H11NO2. The second-order valence-corrected chi connectivity index (χ2v) is 2.45. The maximum atomic E-state index is 11.2. The first-order valence-corrected chi connectivity index (χ1v) is 3.84. The van der Waals surface area contributed by atoms with Gasteiger partial charge in [-0.1, -0.05) is 0 Å². The molecule has 2 N–H and O–H groups in total. The van der Waals surface area contributed by atoms with Crippen LogP contribution in [-0.2, 0) is 0 Å². The minimum atomic E-state index is -0.106. The molecule has 1 aromatic rings. The van der Waals surface area contributed by atoms with Crippen LogP contribution in [-0.4, -0.2) is 12.9 Å². The van der Waals surface area contributed by atoms with E-state index < -0.39 is 0 Å². The molecule has 0 atom stereocenters. The van der Waals surface area contributed by atoms with Gasteiger partial charge in [-0.15, -0.1) is 0 Å². The van der Waals surface area contributed by atoms with E-state index in [4.69, 9.17) is 10.5 Å². The minimum absolute atomic E-state index is 0.106. The van der Waals surface area contributed by atoms with Gasteiger partial charge < -0.3 is 10.5 Å². The summed E-state index contributed by atoms with van der Waals surface area (Å²) < 4.78 is 4.95. The molecule has 0 aromatic heterocycles. The van der Waals surface area contributed by atoms with Crippen LogP contribution in [0, 0.1) is 0 Å². The third-order valence-corrected chi connectivity index (χ3v) is 1.62. The van der Waals surface area contributed by atoms with Crippen molar-refractivity contribution in [2.75, 3.05) is 7.11 Å². The van der Waals surface area contributed by atoms with Gasteiger partial charge >= 0.3 is 0 Å². The molecule has 0 spiro atoms. The lowest BCUT2D eigenvalue weighted by atomic mass is 10.1. The summed E-state index contributed by atoms with van der Waals surface area (Å²) in [7, 11) is 1.58. The average molecular weight is 177 g/mol. The Labute approximate surface area is 76.8 Å². The number of ketones is 1. The average Bonchev–Trinajstić information content (AvgIpc) is 2.18. The Balaban J connectivity index is 2.85. The van der Waals surface area contributed by atoms with E-state index in [-0.39, 0.29) is 5.78 Å². The number of methoxy groups -OCH3 is 1. The van der Waals surface area contributed by atoms with Gasteiger partial charge in [-0.25, -0.2) is 0 Å². The fourth-order valence-electron chi connectivity index (χ4n) is 0.939. The van der Waals surface area contributed by atoms with Crippen LogP contribution < -0.4 is 10.5 Å². The first-order valence-electron chi connectivity index (χ1n) is 3.84. The molecule has 1 rings (SSSR count). The smallest absolute Gasteiger partial charge is 0.187 e. The number of benzene rings is 1. The van der Waals surface area contributed by atoms with E-state index in [1.165, 1.54) is 12.3 Å². The van der Waals surface area contributed by atoms with Crippen molar-refractivity contribution in [3.05, 3.63) is 42.1 Å². The summed E-state index contributed by atoms with van der Waals surface area (Å²) >= 11 is 0. The van der Waals surface area contributed by atoms with Crippen molar-refractivity contribution >= 4 is 5.78 Å². The highest BCUT2D eigenvalue weighted by Gasteiger charge is 2.00. The number of carbonyl (C=O) groups is 1. The van der Waals surface area contributed by atoms with Gasteiger partial charge in [-0.3, -0.25) is 4.79 Å². The zero-order valence-electron chi connectivity index (χ0n) is 7.36. The van der Waals surface area contributed by atoms with Gasteiger partial charge in [0, 0.05) is 11.6 Å². The Kier molecular flexibility index (Phi) is 3.09. The summed E-state index contributed by atoms with van der Waals surface area (Å²) in [6.45, 7) is 0. The Morgan fingerprint density at radius 3 is 2.46 bits per heavy atom. The molecule has 0 aliphatic heterocycles. The van der Waals surface area contributed by atoms with Gasteiger partial charge in [0.1, 0.15) is 5.75 Å². The van der Waals surface area contributed by atoms with Crippen molar-refractivity contribution in [1.29, 1.82) is 0 Å². The van der Waals surface area contributed by atoms with Crippen LogP contribution in [0.15, 0.2) is 36.5 Å². The van der Waals surface area contributed by atoms with Crippen molar-refractivity contribution in [3.8, 4) is 5.75 Å². The number of hydrogen-bond donors (Lipinski definition) is 1. The minimum Gasteiger partial charge on any atom is -0.497 e. The van der Waals surface area contributed by atoms with Gasteiger partial charge in [-0.2, -0.15) is 0 Å². The van der Waals surface area contributed by atoms with E-state index in [1.807, 2.05) is 0 Å². The first kappa shape index (κ1) is 9.32. The van der Waals surface area contributed by atoms with Crippen molar-refractivity contribution in [3.63, 3.8) is 0 Å². The number of rotatable bonds is 3. The number of carbonyl (C=O) groups excluding carboxylic acids is 1. The summed E-state index contributed by atoms with van der Waals surface area (Å²) in [6, 6.07) is 6.86. The standard InChI is InChI=1S/C10H11NO2/c1-13-9-4-2-8(3-5-9)10(12)6-7-11/h2-7H,11H2,1H3/b7-6+. The Hall–Kier alpha value is -1.77. The van der Waals surface area contributed by atoms with E-state index in [0.717, 1.165) is 5.75 Å². The van der Waals surface area contributed by atoms with Crippen LogP contribution in [0.25, 0.3) is 0 Å². The number of hydrogen-bond acceptors (Lipinski definition) is 3. The third-order valence-electron chi connectivity index (χ3n) is 1.62. The maximum absolute atomic E-state index is 11.2. The lowest BCUT2D eigenvalue weighted by molar-refractivity contribution is 0.104. The molecule has 3 nitrogen and oxygen atoms in total. The van der Waals surface area contributed by atoms with Crippen LogP contribution >= 0.6 is 0 Å². The van der Waals surface area contributed by atoms with E-state index >= 15 is 0 Å². The molecule has 0 unspecified atom stereocenters. The predicted octanol–water partition coefficient (Wildman–Crippen LogP) is 1.35. The van der Waals surface area contributed by atoms with Gasteiger partial charge in [0.05, 0.1) is 7.11 Å². The van der Waals surface area contributed by atoms with E-state index in [2.05, 4.69) is 0 Å². The summed E-state index contributed by atoms with van der Waals surface area (Å²) in [5, 5.41) is 0. The topological polar surface area (TPSA) is 52.3 Å². The van der Waals surface area contributed by atoms with Crippen molar-refractivity contribution in [1.82, 2.24) is 0 Å². The third kappa shape index (κ3) is 2.33. The second-order valence-electron chi connectivity index (χ2n) is 2.45. The zero-order valence-corrected chi connectivity index (χ0v) is 7.36. The SMILES string of the molecule is COc1ccc(C(=O)/C=C/N)cc1. The van der Waals surface area contributed by atoms with E-state index in [1.54, 1.807) is 31.4 Å². The van der Waals surface area contributed by atoms with Crippen LogP contribution in [0.5, 0.6) is 5.75 Å². The molecule has 0 saturated carbocycles. The largest absolute Gasteiger partial charge is 0.497 e. The highest BCUT2D eigenvalue weighted by molar-refractivity contribution is 6.04. The first-order chi connectivity index (χ1) is 6.27. The Morgan fingerprint density at radius 2 is 2.00 bits per heavy atom. The highest BCUT2D eigenvalue weighted by atomic mass is 16.5. The molecule has 0 bridgehead atoms. The number of allylic oxidation sites excluding steroid dienone is 1. The van der Waals surface area contributed by atoms with Gasteiger partial charge in [-0.05, 0) is 30.5 Å². The molecule has 0 aliphatic rings. The second kappa shape index (κ2) is 4.30. The summed E-state index contributed by atoms with van der Waals surface area (Å²) in [5.74, 6) is 0.624. The highest BCUT2D eigenvalue weighted by Crippen LogP contribution is 2.11. The lowest BCUT2D eigenvalue weighted by Crippen LogP contribution is -1.95. The fourth-order valence-corrected chi connectivity index (χ4v) is 0.939. The van der Waals surface area contributed by atoms with Crippen LogP contribution in [0.1, 0.15) is 10.4 Å². The van der Waals surface area contributed by atoms with Gasteiger partial charge in [0.15, 0.2) is 5.78 Å². The molecule has 0 radical (unpaired) electrons. The van der Waals surface area contributed by atoms with Crippen molar-refractivity contribution in [2.24, 2.45) is 5.73 Å². The fraction of sp³-hybridized carbons (Fsp3) is 0.100. The summed E-state index contributed by atoms with van der Waals surface area (Å²) in [6.07, 6.45) is 2.55. The molecule has 0 fully saturated rings. The van der Waals surface area contributed by atoms with E-state index in [9.17, 15) is 4.79 Å². The Bertz CT molecular complexity index is 314. The molecule has 13 heavy (non-hydrogen) atoms. The maximum Gasteiger partial charge on any atom is 0.187 e. The van der Waals surface area contributed by atoms with Crippen molar-refractivity contribution < 1.29 is 9.53 Å². The van der Waals surface area contributed by atoms with E-state index in [0.29, 0.717) is 5.56 Å². The molecule has 0 aliphatic carbocycles. The Morgan fingerprint density at radius 1 is 1.38 bits per heavy atom. The zero-order chi connectivity index (χ0) is 9.68. The van der Waals surface area contributed by atoms with Crippen LogP contribution in [0.3, 0.4) is 0 Å². The quantitative estimate of drug-likeness (QED) is 0.560. The van der Waals surface area contributed by atoms with Gasteiger partial charge in [0.2, 0.25) is 0 Å². The molecule has 68 valence electrons. The molecule has 0 saturated heterocycles. The normalized spacial score (nSPS) is 10.2. The van der Waals surface area contributed by atoms with Crippen LogP contribution in [0.4, 0.5) is 0 Å². The van der Waals surface area contributed by atoms with Crippen molar-refractivity contribution in [2.45, 2.75) is 0 Å². The number of nitrogens with two attached hydrogens (primary N) is 1. The molecule has 0 amide bonds.